The van der Waals surface area contributed by atoms with E-state index < -0.39 is 5.54 Å². The van der Waals surface area contributed by atoms with Gasteiger partial charge in [-0.05, 0) is 29.8 Å². The third kappa shape index (κ3) is 1.94. The SMILES string of the molecule is CN1CCN(c2c(N)cncc2Br)C(C)(C)C1=O. The van der Waals surface area contributed by atoms with Gasteiger partial charge >= 0.3 is 0 Å². The van der Waals surface area contributed by atoms with Crippen molar-refractivity contribution in [2.24, 2.45) is 0 Å². The molecular weight excluding hydrogens is 296 g/mol. The molecule has 1 aromatic heterocycles. The average Bonchev–Trinajstić information content (AvgIpc) is 2.29. The van der Waals surface area contributed by atoms with Gasteiger partial charge in [0, 0.05) is 26.3 Å². The average molecular weight is 313 g/mol. The van der Waals surface area contributed by atoms with Gasteiger partial charge in [-0.25, -0.2) is 0 Å². The number of carbonyl (C=O) groups is 1. The molecule has 18 heavy (non-hydrogen) atoms. The minimum atomic E-state index is -0.606. The Labute approximate surface area is 115 Å². The minimum absolute atomic E-state index is 0.0943. The lowest BCUT2D eigenvalue weighted by atomic mass is 9.97. The molecule has 6 heteroatoms. The molecule has 2 heterocycles. The number of amides is 1. The third-order valence-corrected chi connectivity index (χ3v) is 3.96. The zero-order valence-electron chi connectivity index (χ0n) is 10.8. The first-order valence-corrected chi connectivity index (χ1v) is 6.57. The Kier molecular flexibility index (Phi) is 3.23. The molecule has 1 saturated heterocycles. The minimum Gasteiger partial charge on any atom is -0.396 e. The van der Waals surface area contributed by atoms with Gasteiger partial charge in [-0.2, -0.15) is 0 Å². The lowest BCUT2D eigenvalue weighted by Gasteiger charge is -2.46. The summed E-state index contributed by atoms with van der Waals surface area (Å²) in [5.74, 6) is 0.0943. The van der Waals surface area contributed by atoms with Crippen LogP contribution in [-0.4, -0.2) is 41.5 Å². The largest absolute Gasteiger partial charge is 0.396 e. The highest BCUT2D eigenvalue weighted by Crippen LogP contribution is 2.37. The van der Waals surface area contributed by atoms with Crippen molar-refractivity contribution in [2.45, 2.75) is 19.4 Å². The first-order valence-electron chi connectivity index (χ1n) is 5.78. The Bertz CT molecular complexity index is 469. The summed E-state index contributed by atoms with van der Waals surface area (Å²) in [4.78, 5) is 20.1. The van der Waals surface area contributed by atoms with Crippen LogP contribution in [0.15, 0.2) is 16.9 Å². The van der Waals surface area contributed by atoms with Gasteiger partial charge in [0.2, 0.25) is 5.91 Å². The maximum Gasteiger partial charge on any atom is 0.247 e. The summed E-state index contributed by atoms with van der Waals surface area (Å²) in [5.41, 5.74) is 6.81. The smallest absolute Gasteiger partial charge is 0.247 e. The number of likely N-dealkylation sites (N-methyl/N-ethyl adjacent to an activating group) is 1. The molecule has 1 aliphatic heterocycles. The van der Waals surface area contributed by atoms with Gasteiger partial charge in [0.25, 0.3) is 0 Å². The summed E-state index contributed by atoms with van der Waals surface area (Å²) in [6.45, 7) is 5.27. The van der Waals surface area contributed by atoms with E-state index in [0.717, 1.165) is 16.7 Å². The molecule has 2 N–H and O–H groups in total. The molecule has 1 amide bonds. The van der Waals surface area contributed by atoms with E-state index in [9.17, 15) is 4.79 Å². The number of nitrogens with two attached hydrogens (primary N) is 1. The van der Waals surface area contributed by atoms with E-state index in [1.165, 1.54) is 0 Å². The summed E-state index contributed by atoms with van der Waals surface area (Å²) in [7, 11) is 1.83. The van der Waals surface area contributed by atoms with Crippen molar-refractivity contribution in [1.82, 2.24) is 9.88 Å². The van der Waals surface area contributed by atoms with E-state index in [1.54, 1.807) is 17.3 Å². The summed E-state index contributed by atoms with van der Waals surface area (Å²) in [6.07, 6.45) is 3.31. The zero-order valence-corrected chi connectivity index (χ0v) is 12.4. The molecule has 1 aromatic rings. The molecule has 98 valence electrons. The number of halogens is 1. The van der Waals surface area contributed by atoms with Crippen molar-refractivity contribution in [3.63, 3.8) is 0 Å². The Morgan fingerprint density at radius 3 is 2.67 bits per heavy atom. The standard InChI is InChI=1S/C12H17BrN4O/c1-12(2)11(18)16(3)4-5-17(12)10-8(13)6-15-7-9(10)14/h6-7H,4-5,14H2,1-3H3. The van der Waals surface area contributed by atoms with E-state index in [2.05, 4.69) is 20.9 Å². The summed E-state index contributed by atoms with van der Waals surface area (Å²) >= 11 is 3.46. The van der Waals surface area contributed by atoms with Crippen molar-refractivity contribution in [3.8, 4) is 0 Å². The van der Waals surface area contributed by atoms with E-state index >= 15 is 0 Å². The summed E-state index contributed by atoms with van der Waals surface area (Å²) in [5, 5.41) is 0. The number of anilines is 2. The molecule has 0 aromatic carbocycles. The third-order valence-electron chi connectivity index (χ3n) is 3.37. The number of carbonyl (C=O) groups excluding carboxylic acids is 1. The van der Waals surface area contributed by atoms with Crippen LogP contribution in [-0.2, 0) is 4.79 Å². The van der Waals surface area contributed by atoms with Crippen molar-refractivity contribution in [3.05, 3.63) is 16.9 Å². The van der Waals surface area contributed by atoms with Crippen LogP contribution in [0.2, 0.25) is 0 Å². The quantitative estimate of drug-likeness (QED) is 0.853. The van der Waals surface area contributed by atoms with Crippen molar-refractivity contribution in [1.29, 1.82) is 0 Å². The Balaban J connectivity index is 2.48. The fourth-order valence-electron chi connectivity index (χ4n) is 2.33. The van der Waals surface area contributed by atoms with Gasteiger partial charge in [-0.3, -0.25) is 9.78 Å². The Morgan fingerprint density at radius 1 is 1.39 bits per heavy atom. The Hall–Kier alpha value is -1.30. The van der Waals surface area contributed by atoms with Gasteiger partial charge in [0.1, 0.15) is 5.54 Å². The molecule has 0 unspecified atom stereocenters. The molecule has 5 nitrogen and oxygen atoms in total. The summed E-state index contributed by atoms with van der Waals surface area (Å²) in [6, 6.07) is 0. The molecule has 1 aliphatic rings. The highest BCUT2D eigenvalue weighted by Gasteiger charge is 2.41. The monoisotopic (exact) mass is 312 g/mol. The second-order valence-corrected chi connectivity index (χ2v) is 5.85. The van der Waals surface area contributed by atoms with Gasteiger partial charge in [-0.1, -0.05) is 0 Å². The van der Waals surface area contributed by atoms with Crippen molar-refractivity contribution in [2.75, 3.05) is 30.8 Å². The number of hydrogen-bond acceptors (Lipinski definition) is 4. The van der Waals surface area contributed by atoms with Gasteiger partial charge in [0.05, 0.1) is 22.0 Å². The predicted octanol–water partition coefficient (Wildman–Crippen LogP) is 1.48. The predicted molar refractivity (Wildman–Crippen MR) is 75.4 cm³/mol. The number of hydrogen-bond donors (Lipinski definition) is 1. The van der Waals surface area contributed by atoms with E-state index in [4.69, 9.17) is 5.73 Å². The van der Waals surface area contributed by atoms with Gasteiger partial charge in [-0.15, -0.1) is 0 Å². The second kappa shape index (κ2) is 4.42. The van der Waals surface area contributed by atoms with E-state index in [-0.39, 0.29) is 5.91 Å². The van der Waals surface area contributed by atoms with Crippen molar-refractivity contribution < 1.29 is 4.79 Å². The number of rotatable bonds is 1. The maximum absolute atomic E-state index is 12.3. The van der Waals surface area contributed by atoms with Crippen molar-refractivity contribution >= 4 is 33.2 Å². The molecule has 0 atom stereocenters. The number of nitrogen functional groups attached to an aromatic ring is 1. The van der Waals surface area contributed by atoms with Crippen LogP contribution < -0.4 is 10.6 Å². The highest BCUT2D eigenvalue weighted by molar-refractivity contribution is 9.10. The number of piperazine rings is 1. The highest BCUT2D eigenvalue weighted by atomic mass is 79.9. The maximum atomic E-state index is 12.3. The fourth-order valence-corrected chi connectivity index (χ4v) is 2.89. The fraction of sp³-hybridized carbons (Fsp3) is 0.500. The number of pyridine rings is 1. The molecular formula is C12H17BrN4O. The zero-order chi connectivity index (χ0) is 13.5. The van der Waals surface area contributed by atoms with Crippen LogP contribution in [0.5, 0.6) is 0 Å². The molecule has 0 aliphatic carbocycles. The molecule has 0 spiro atoms. The Morgan fingerprint density at radius 2 is 2.06 bits per heavy atom. The van der Waals surface area contributed by atoms with Crippen LogP contribution in [0, 0.1) is 0 Å². The molecule has 0 bridgehead atoms. The first-order chi connectivity index (χ1) is 8.35. The summed E-state index contributed by atoms with van der Waals surface area (Å²) < 4.78 is 0.813. The molecule has 1 fully saturated rings. The van der Waals surface area contributed by atoms with Crippen LogP contribution >= 0.6 is 15.9 Å². The number of nitrogens with zero attached hydrogens (tertiary/aromatic N) is 3. The van der Waals surface area contributed by atoms with E-state index in [0.29, 0.717) is 12.2 Å². The van der Waals surface area contributed by atoms with Crippen LogP contribution in [0.4, 0.5) is 11.4 Å². The normalized spacial score (nSPS) is 19.2. The van der Waals surface area contributed by atoms with Gasteiger partial charge in [0.15, 0.2) is 0 Å². The van der Waals surface area contributed by atoms with Crippen LogP contribution in [0.25, 0.3) is 0 Å². The number of aromatic nitrogens is 1. The molecule has 0 radical (unpaired) electrons. The molecule has 0 saturated carbocycles. The molecule has 2 rings (SSSR count). The first kappa shape index (κ1) is 13.1. The lowest BCUT2D eigenvalue weighted by molar-refractivity contribution is -0.136. The van der Waals surface area contributed by atoms with Crippen LogP contribution in [0.3, 0.4) is 0 Å². The van der Waals surface area contributed by atoms with E-state index in [1.807, 2.05) is 25.8 Å². The lowest BCUT2D eigenvalue weighted by Crippen LogP contribution is -2.62. The van der Waals surface area contributed by atoms with Crippen LogP contribution in [0.1, 0.15) is 13.8 Å². The van der Waals surface area contributed by atoms with Gasteiger partial charge < -0.3 is 15.5 Å². The second-order valence-electron chi connectivity index (χ2n) is 5.00. The topological polar surface area (TPSA) is 62.5 Å².